The molecule has 2 aromatic rings. The fourth-order valence-electron chi connectivity index (χ4n) is 3.95. The standard InChI is InChI=1S/C18H23N3O2/c1-2-21-16-6-4-3-5-14(16)15(19-21)11-20-12-18(8-7-17(20)22)9-10-23-13-18/h3-6H,2,7-13H2,1H3/t18-/m1/s1. The Morgan fingerprint density at radius 2 is 2.17 bits per heavy atom. The quantitative estimate of drug-likeness (QED) is 0.875. The van der Waals surface area contributed by atoms with Crippen LogP contribution < -0.4 is 0 Å². The second kappa shape index (κ2) is 5.64. The molecule has 2 aliphatic heterocycles. The van der Waals surface area contributed by atoms with E-state index in [0.717, 1.165) is 55.7 Å². The van der Waals surface area contributed by atoms with Crippen molar-refractivity contribution >= 4 is 16.8 Å². The molecule has 1 aromatic heterocycles. The van der Waals surface area contributed by atoms with Gasteiger partial charge in [0.1, 0.15) is 0 Å². The fourth-order valence-corrected chi connectivity index (χ4v) is 3.95. The topological polar surface area (TPSA) is 47.4 Å². The van der Waals surface area contributed by atoms with E-state index < -0.39 is 0 Å². The number of aromatic nitrogens is 2. The molecule has 1 amide bonds. The summed E-state index contributed by atoms with van der Waals surface area (Å²) >= 11 is 0. The van der Waals surface area contributed by atoms with Crippen molar-refractivity contribution in [3.8, 4) is 0 Å². The number of carbonyl (C=O) groups is 1. The molecule has 5 heteroatoms. The van der Waals surface area contributed by atoms with Crippen molar-refractivity contribution in [2.45, 2.75) is 39.3 Å². The highest BCUT2D eigenvalue weighted by Crippen LogP contribution is 2.38. The lowest BCUT2D eigenvalue weighted by Crippen LogP contribution is -2.46. The SMILES string of the molecule is CCn1nc(CN2C[C@]3(CCOC3)CCC2=O)c2ccccc21. The molecule has 4 rings (SSSR count). The summed E-state index contributed by atoms with van der Waals surface area (Å²) in [5, 5.41) is 5.90. The highest BCUT2D eigenvalue weighted by atomic mass is 16.5. The summed E-state index contributed by atoms with van der Waals surface area (Å²) in [5.74, 6) is 0.248. The first-order valence-electron chi connectivity index (χ1n) is 8.51. The van der Waals surface area contributed by atoms with Crippen molar-refractivity contribution in [2.24, 2.45) is 5.41 Å². The average molecular weight is 313 g/mol. The third-order valence-electron chi connectivity index (χ3n) is 5.31. The molecule has 2 aliphatic rings. The maximum atomic E-state index is 12.4. The van der Waals surface area contributed by atoms with Crippen molar-refractivity contribution in [3.05, 3.63) is 30.0 Å². The number of fused-ring (bicyclic) bond motifs is 1. The first kappa shape index (κ1) is 14.7. The van der Waals surface area contributed by atoms with Crippen molar-refractivity contribution in [2.75, 3.05) is 19.8 Å². The van der Waals surface area contributed by atoms with Crippen LogP contribution in [0.1, 0.15) is 31.9 Å². The van der Waals surface area contributed by atoms with Crippen LogP contribution in [0, 0.1) is 5.41 Å². The molecule has 0 bridgehead atoms. The molecule has 3 heterocycles. The van der Waals surface area contributed by atoms with Gasteiger partial charge in [0.15, 0.2) is 0 Å². The zero-order valence-electron chi connectivity index (χ0n) is 13.6. The summed E-state index contributed by atoms with van der Waals surface area (Å²) in [4.78, 5) is 14.4. The number of carbonyl (C=O) groups excluding carboxylic acids is 1. The smallest absolute Gasteiger partial charge is 0.222 e. The van der Waals surface area contributed by atoms with Crippen LogP contribution in [0.3, 0.4) is 0 Å². The molecule has 2 saturated heterocycles. The zero-order valence-corrected chi connectivity index (χ0v) is 13.6. The van der Waals surface area contributed by atoms with Crippen LogP contribution >= 0.6 is 0 Å². The van der Waals surface area contributed by atoms with Crippen molar-refractivity contribution in [1.29, 1.82) is 0 Å². The van der Waals surface area contributed by atoms with Crippen LogP contribution in [0.2, 0.25) is 0 Å². The number of nitrogens with zero attached hydrogens (tertiary/aromatic N) is 3. The maximum Gasteiger partial charge on any atom is 0.222 e. The molecule has 0 radical (unpaired) electrons. The van der Waals surface area contributed by atoms with E-state index in [2.05, 4.69) is 19.1 Å². The minimum Gasteiger partial charge on any atom is -0.381 e. The van der Waals surface area contributed by atoms with Gasteiger partial charge >= 0.3 is 0 Å². The van der Waals surface area contributed by atoms with Gasteiger partial charge in [0.2, 0.25) is 5.91 Å². The van der Waals surface area contributed by atoms with E-state index in [0.29, 0.717) is 13.0 Å². The lowest BCUT2D eigenvalue weighted by Gasteiger charge is -2.39. The van der Waals surface area contributed by atoms with Gasteiger partial charge in [0.25, 0.3) is 0 Å². The van der Waals surface area contributed by atoms with E-state index in [-0.39, 0.29) is 11.3 Å². The molecular weight excluding hydrogens is 290 g/mol. The van der Waals surface area contributed by atoms with Crippen LogP contribution in [0.5, 0.6) is 0 Å². The number of aryl methyl sites for hydroxylation is 1. The van der Waals surface area contributed by atoms with Gasteiger partial charge in [-0.2, -0.15) is 5.10 Å². The number of rotatable bonds is 3. The Bertz CT molecular complexity index is 731. The van der Waals surface area contributed by atoms with Gasteiger partial charge in [-0.3, -0.25) is 9.48 Å². The Labute approximate surface area is 136 Å². The first-order valence-corrected chi connectivity index (χ1v) is 8.51. The summed E-state index contributed by atoms with van der Waals surface area (Å²) in [5.41, 5.74) is 2.33. The predicted molar refractivity (Wildman–Crippen MR) is 87.9 cm³/mol. The van der Waals surface area contributed by atoms with E-state index >= 15 is 0 Å². The number of amides is 1. The largest absolute Gasteiger partial charge is 0.381 e. The van der Waals surface area contributed by atoms with E-state index in [1.165, 1.54) is 0 Å². The Balaban J connectivity index is 1.63. The van der Waals surface area contributed by atoms with E-state index in [9.17, 15) is 4.79 Å². The summed E-state index contributed by atoms with van der Waals surface area (Å²) in [7, 11) is 0. The van der Waals surface area contributed by atoms with Crippen molar-refractivity contribution in [3.63, 3.8) is 0 Å². The Morgan fingerprint density at radius 1 is 1.30 bits per heavy atom. The van der Waals surface area contributed by atoms with E-state index in [1.54, 1.807) is 0 Å². The van der Waals surface area contributed by atoms with Crippen LogP contribution in [0.4, 0.5) is 0 Å². The normalized spacial score (nSPS) is 24.9. The Hall–Kier alpha value is -1.88. The monoisotopic (exact) mass is 313 g/mol. The number of ether oxygens (including phenoxy) is 1. The molecule has 1 spiro atoms. The average Bonchev–Trinajstić information content (AvgIpc) is 3.17. The second-order valence-corrected chi connectivity index (χ2v) is 6.83. The van der Waals surface area contributed by atoms with Gasteiger partial charge in [0.05, 0.1) is 24.4 Å². The van der Waals surface area contributed by atoms with Gasteiger partial charge in [-0.1, -0.05) is 18.2 Å². The van der Waals surface area contributed by atoms with Crippen molar-refractivity contribution < 1.29 is 9.53 Å². The third-order valence-corrected chi connectivity index (χ3v) is 5.31. The second-order valence-electron chi connectivity index (χ2n) is 6.83. The van der Waals surface area contributed by atoms with E-state index in [4.69, 9.17) is 9.84 Å². The van der Waals surface area contributed by atoms with Crippen LogP contribution in [0.25, 0.3) is 10.9 Å². The highest BCUT2D eigenvalue weighted by molar-refractivity contribution is 5.83. The number of hydrogen-bond acceptors (Lipinski definition) is 3. The molecule has 0 N–H and O–H groups in total. The van der Waals surface area contributed by atoms with Crippen molar-refractivity contribution in [1.82, 2.24) is 14.7 Å². The molecule has 122 valence electrons. The molecule has 2 fully saturated rings. The highest BCUT2D eigenvalue weighted by Gasteiger charge is 2.41. The number of hydrogen-bond donors (Lipinski definition) is 0. The fraction of sp³-hybridized carbons (Fsp3) is 0.556. The molecule has 1 aromatic carbocycles. The number of piperidine rings is 1. The number of para-hydroxylation sites is 1. The zero-order chi connectivity index (χ0) is 15.9. The molecule has 0 unspecified atom stereocenters. The predicted octanol–water partition coefficient (Wildman–Crippen LogP) is 2.59. The summed E-state index contributed by atoms with van der Waals surface area (Å²) < 4.78 is 7.63. The molecule has 0 aliphatic carbocycles. The number of likely N-dealkylation sites (tertiary alicyclic amines) is 1. The summed E-state index contributed by atoms with van der Waals surface area (Å²) in [6.45, 7) is 5.97. The summed E-state index contributed by atoms with van der Waals surface area (Å²) in [6, 6.07) is 8.28. The number of benzene rings is 1. The molecule has 5 nitrogen and oxygen atoms in total. The van der Waals surface area contributed by atoms with E-state index in [1.807, 2.05) is 21.7 Å². The lowest BCUT2D eigenvalue weighted by molar-refractivity contribution is -0.138. The van der Waals surface area contributed by atoms with Gasteiger partial charge in [0, 0.05) is 36.9 Å². The van der Waals surface area contributed by atoms with Gasteiger partial charge in [-0.15, -0.1) is 0 Å². The third kappa shape index (κ3) is 2.53. The van der Waals surface area contributed by atoms with Crippen LogP contribution in [0.15, 0.2) is 24.3 Å². The van der Waals surface area contributed by atoms with Crippen LogP contribution in [-0.2, 0) is 22.6 Å². The summed E-state index contributed by atoms with van der Waals surface area (Å²) in [6.07, 6.45) is 2.67. The molecule has 23 heavy (non-hydrogen) atoms. The maximum absolute atomic E-state index is 12.4. The Kier molecular flexibility index (Phi) is 3.60. The first-order chi connectivity index (χ1) is 11.2. The van der Waals surface area contributed by atoms with Gasteiger partial charge in [-0.05, 0) is 25.8 Å². The van der Waals surface area contributed by atoms with Gasteiger partial charge < -0.3 is 9.64 Å². The Morgan fingerprint density at radius 3 is 2.96 bits per heavy atom. The van der Waals surface area contributed by atoms with Gasteiger partial charge in [-0.25, -0.2) is 0 Å². The molecular formula is C18H23N3O2. The lowest BCUT2D eigenvalue weighted by atomic mass is 9.79. The van der Waals surface area contributed by atoms with Crippen LogP contribution in [-0.4, -0.2) is 40.3 Å². The molecule has 1 atom stereocenters. The molecule has 0 saturated carbocycles. The minimum absolute atomic E-state index is 0.178. The minimum atomic E-state index is 0.178.